The molecule has 5 heteroatoms. The van der Waals surface area contributed by atoms with Gasteiger partial charge in [-0.2, -0.15) is 0 Å². The van der Waals surface area contributed by atoms with Crippen molar-refractivity contribution in [2.75, 3.05) is 13.6 Å². The lowest BCUT2D eigenvalue weighted by Gasteiger charge is -2.22. The molecule has 1 aliphatic heterocycles. The van der Waals surface area contributed by atoms with Gasteiger partial charge in [-0.15, -0.1) is 0 Å². The number of hydrogen-bond acceptors (Lipinski definition) is 2. The largest absolute Gasteiger partial charge is 0.356 e. The summed E-state index contributed by atoms with van der Waals surface area (Å²) >= 11 is 0. The van der Waals surface area contributed by atoms with E-state index in [0.717, 1.165) is 18.5 Å². The third kappa shape index (κ3) is 2.61. The van der Waals surface area contributed by atoms with Gasteiger partial charge in [-0.25, -0.2) is 0 Å². The van der Waals surface area contributed by atoms with Crippen molar-refractivity contribution in [2.45, 2.75) is 25.8 Å². The molecular formula is C12H18NO3P. The first-order valence-corrected chi connectivity index (χ1v) is 7.38. The van der Waals surface area contributed by atoms with Crippen LogP contribution in [0.2, 0.25) is 0 Å². The maximum atomic E-state index is 11.2. The first-order chi connectivity index (χ1) is 7.89. The normalized spacial score (nSPS) is 22.0. The molecule has 1 aromatic rings. The highest BCUT2D eigenvalue weighted by Gasteiger charge is 2.25. The Labute approximate surface area is 101 Å². The van der Waals surface area contributed by atoms with Crippen LogP contribution in [0.3, 0.4) is 0 Å². The van der Waals surface area contributed by atoms with Crippen LogP contribution in [0.1, 0.15) is 30.0 Å². The maximum Gasteiger partial charge on any atom is 0.356 e. The Morgan fingerprint density at radius 1 is 1.41 bits per heavy atom. The zero-order valence-electron chi connectivity index (χ0n) is 10.1. The van der Waals surface area contributed by atoms with E-state index in [9.17, 15) is 4.57 Å². The van der Waals surface area contributed by atoms with Crippen LogP contribution in [-0.2, 0) is 4.57 Å². The van der Waals surface area contributed by atoms with Crippen LogP contribution in [0.5, 0.6) is 0 Å². The summed E-state index contributed by atoms with van der Waals surface area (Å²) in [6.45, 7) is 3.00. The molecule has 94 valence electrons. The Balaban J connectivity index is 2.35. The fourth-order valence-corrected chi connectivity index (χ4v) is 3.15. The van der Waals surface area contributed by atoms with Crippen LogP contribution in [0, 0.1) is 6.92 Å². The zero-order chi connectivity index (χ0) is 12.6. The highest BCUT2D eigenvalue weighted by molar-refractivity contribution is 7.60. The van der Waals surface area contributed by atoms with E-state index in [-0.39, 0.29) is 5.30 Å². The first kappa shape index (κ1) is 12.8. The molecule has 1 aromatic carbocycles. The van der Waals surface area contributed by atoms with Gasteiger partial charge in [0.05, 0.1) is 5.30 Å². The third-order valence-electron chi connectivity index (χ3n) is 3.47. The van der Waals surface area contributed by atoms with E-state index >= 15 is 0 Å². The number of likely N-dealkylation sites (tertiary alicyclic amines) is 1. The van der Waals surface area contributed by atoms with Crippen LogP contribution in [-0.4, -0.2) is 28.3 Å². The van der Waals surface area contributed by atoms with E-state index in [1.54, 1.807) is 12.1 Å². The van der Waals surface area contributed by atoms with Crippen molar-refractivity contribution in [3.05, 3.63) is 29.3 Å². The molecular weight excluding hydrogens is 237 g/mol. The van der Waals surface area contributed by atoms with E-state index in [2.05, 4.69) is 11.9 Å². The van der Waals surface area contributed by atoms with Gasteiger partial charge in [-0.05, 0) is 56.6 Å². The minimum atomic E-state index is -4.13. The van der Waals surface area contributed by atoms with E-state index in [1.807, 2.05) is 13.0 Å². The fraction of sp³-hybridized carbons (Fsp3) is 0.500. The van der Waals surface area contributed by atoms with Gasteiger partial charge >= 0.3 is 7.60 Å². The van der Waals surface area contributed by atoms with Crippen LogP contribution < -0.4 is 5.30 Å². The highest BCUT2D eigenvalue weighted by atomic mass is 31.2. The maximum absolute atomic E-state index is 11.2. The summed E-state index contributed by atoms with van der Waals surface area (Å²) in [5, 5.41) is 0.111. The van der Waals surface area contributed by atoms with Crippen LogP contribution >= 0.6 is 7.60 Å². The summed E-state index contributed by atoms with van der Waals surface area (Å²) in [6.07, 6.45) is 2.30. The summed E-state index contributed by atoms with van der Waals surface area (Å²) < 4.78 is 11.2. The standard InChI is InChI=1S/C12H18NO3P/c1-9-8-10(17(14,15)16)5-6-11(9)12-4-3-7-13(12)2/h5-6,8,12H,3-4,7H2,1-2H3,(H2,14,15,16). The minimum Gasteiger partial charge on any atom is -0.321 e. The van der Waals surface area contributed by atoms with Gasteiger partial charge < -0.3 is 9.79 Å². The second kappa shape index (κ2) is 4.54. The number of hydrogen-bond donors (Lipinski definition) is 2. The second-order valence-electron chi connectivity index (χ2n) is 4.72. The molecule has 0 amide bonds. The van der Waals surface area contributed by atoms with E-state index in [1.165, 1.54) is 12.0 Å². The Kier molecular flexibility index (Phi) is 3.41. The predicted molar refractivity (Wildman–Crippen MR) is 67.5 cm³/mol. The monoisotopic (exact) mass is 255 g/mol. The van der Waals surface area contributed by atoms with Crippen LogP contribution in [0.15, 0.2) is 18.2 Å². The minimum absolute atomic E-state index is 0.111. The quantitative estimate of drug-likeness (QED) is 0.787. The van der Waals surface area contributed by atoms with E-state index < -0.39 is 7.60 Å². The summed E-state index contributed by atoms with van der Waals surface area (Å²) in [5.74, 6) is 0. The second-order valence-corrected chi connectivity index (χ2v) is 6.33. The molecule has 1 unspecified atom stereocenters. The van der Waals surface area contributed by atoms with Gasteiger partial charge in [0.15, 0.2) is 0 Å². The van der Waals surface area contributed by atoms with E-state index in [4.69, 9.17) is 9.79 Å². The highest BCUT2D eigenvalue weighted by Crippen LogP contribution is 2.36. The molecule has 0 saturated carbocycles. The van der Waals surface area contributed by atoms with Crippen molar-refractivity contribution < 1.29 is 14.4 Å². The van der Waals surface area contributed by atoms with Crippen molar-refractivity contribution in [1.29, 1.82) is 0 Å². The number of nitrogens with zero attached hydrogens (tertiary/aromatic N) is 1. The van der Waals surface area contributed by atoms with Gasteiger partial charge in [0, 0.05) is 6.04 Å². The molecule has 0 radical (unpaired) electrons. The number of benzene rings is 1. The zero-order valence-corrected chi connectivity index (χ0v) is 11.0. The SMILES string of the molecule is Cc1cc(P(=O)(O)O)ccc1C1CCCN1C. The van der Waals surface area contributed by atoms with Crippen molar-refractivity contribution in [3.8, 4) is 0 Å². The van der Waals surface area contributed by atoms with E-state index in [0.29, 0.717) is 6.04 Å². The summed E-state index contributed by atoms with van der Waals surface area (Å²) in [5.41, 5.74) is 2.15. The smallest absolute Gasteiger partial charge is 0.321 e. The van der Waals surface area contributed by atoms with Crippen molar-refractivity contribution in [2.24, 2.45) is 0 Å². The molecule has 1 fully saturated rings. The van der Waals surface area contributed by atoms with Gasteiger partial charge in [0.1, 0.15) is 0 Å². The lowest BCUT2D eigenvalue weighted by Crippen LogP contribution is -2.19. The fourth-order valence-electron chi connectivity index (χ4n) is 2.52. The molecule has 0 aromatic heterocycles. The van der Waals surface area contributed by atoms with Crippen LogP contribution in [0.4, 0.5) is 0 Å². The molecule has 1 saturated heterocycles. The average molecular weight is 255 g/mol. The lowest BCUT2D eigenvalue weighted by molar-refractivity contribution is 0.316. The Morgan fingerprint density at radius 2 is 2.12 bits per heavy atom. The third-order valence-corrected chi connectivity index (χ3v) is 4.42. The predicted octanol–water partition coefficient (Wildman–Crippen LogP) is 1.56. The van der Waals surface area contributed by atoms with Crippen molar-refractivity contribution in [1.82, 2.24) is 4.90 Å². The topological polar surface area (TPSA) is 60.8 Å². The molecule has 17 heavy (non-hydrogen) atoms. The van der Waals surface area contributed by atoms with Crippen LogP contribution in [0.25, 0.3) is 0 Å². The van der Waals surface area contributed by atoms with Crippen molar-refractivity contribution in [3.63, 3.8) is 0 Å². The molecule has 2 N–H and O–H groups in total. The van der Waals surface area contributed by atoms with Crippen molar-refractivity contribution >= 4 is 12.9 Å². The molecule has 0 aliphatic carbocycles. The molecule has 1 heterocycles. The summed E-state index contributed by atoms with van der Waals surface area (Å²) in [7, 11) is -2.03. The molecule has 2 rings (SSSR count). The van der Waals surface area contributed by atoms with Gasteiger partial charge in [0.2, 0.25) is 0 Å². The van der Waals surface area contributed by atoms with Gasteiger partial charge in [-0.3, -0.25) is 9.46 Å². The molecule has 1 aliphatic rings. The molecule has 0 bridgehead atoms. The Morgan fingerprint density at radius 3 is 2.59 bits per heavy atom. The molecule has 4 nitrogen and oxygen atoms in total. The molecule has 0 spiro atoms. The summed E-state index contributed by atoms with van der Waals surface area (Å²) in [6, 6.07) is 5.41. The Bertz CT molecular complexity index is 469. The molecule has 1 atom stereocenters. The number of rotatable bonds is 2. The number of aryl methyl sites for hydroxylation is 1. The average Bonchev–Trinajstić information content (AvgIpc) is 2.63. The van der Waals surface area contributed by atoms with Gasteiger partial charge in [-0.1, -0.05) is 6.07 Å². The summed E-state index contributed by atoms with van der Waals surface area (Å²) in [4.78, 5) is 20.5. The van der Waals surface area contributed by atoms with Gasteiger partial charge in [0.25, 0.3) is 0 Å². The Hall–Kier alpha value is -0.670. The first-order valence-electron chi connectivity index (χ1n) is 5.76. The lowest BCUT2D eigenvalue weighted by atomic mass is 10.00.